The summed E-state index contributed by atoms with van der Waals surface area (Å²) in [6, 6.07) is 13.8. The van der Waals surface area contributed by atoms with Crippen molar-refractivity contribution in [3.05, 3.63) is 77.3 Å². The summed E-state index contributed by atoms with van der Waals surface area (Å²) in [7, 11) is 0. The van der Waals surface area contributed by atoms with Gasteiger partial charge in [0.2, 0.25) is 5.91 Å². The first-order valence-corrected chi connectivity index (χ1v) is 9.28. The number of amides is 2. The van der Waals surface area contributed by atoms with Crippen molar-refractivity contribution >= 4 is 29.1 Å². The second-order valence-corrected chi connectivity index (χ2v) is 6.97. The van der Waals surface area contributed by atoms with Gasteiger partial charge in [-0.2, -0.15) is 5.10 Å². The first-order chi connectivity index (χ1) is 13.6. The number of anilines is 1. The van der Waals surface area contributed by atoms with Crippen molar-refractivity contribution < 1.29 is 9.59 Å². The van der Waals surface area contributed by atoms with E-state index in [2.05, 4.69) is 15.4 Å². The Hall–Kier alpha value is -3.19. The summed E-state index contributed by atoms with van der Waals surface area (Å²) in [6.07, 6.45) is 3.60. The SMILES string of the molecule is O=C(NC1CCN(c2ccc(Cl)cc2)C1=O)c1ccccc1Cn1cncn1. The van der Waals surface area contributed by atoms with Crippen LogP contribution in [0.25, 0.3) is 0 Å². The molecule has 1 aliphatic rings. The Balaban J connectivity index is 1.47. The van der Waals surface area contributed by atoms with Gasteiger partial charge in [0.05, 0.1) is 6.54 Å². The van der Waals surface area contributed by atoms with Gasteiger partial charge in [-0.15, -0.1) is 0 Å². The Morgan fingerprint density at radius 2 is 1.96 bits per heavy atom. The van der Waals surface area contributed by atoms with Gasteiger partial charge in [-0.3, -0.25) is 9.59 Å². The molecule has 8 heteroatoms. The number of nitrogens with zero attached hydrogens (tertiary/aromatic N) is 4. The van der Waals surface area contributed by atoms with Crippen LogP contribution in [-0.2, 0) is 11.3 Å². The van der Waals surface area contributed by atoms with Crippen LogP contribution in [0.15, 0.2) is 61.2 Å². The van der Waals surface area contributed by atoms with Crippen LogP contribution >= 0.6 is 11.6 Å². The van der Waals surface area contributed by atoms with Gasteiger partial charge >= 0.3 is 0 Å². The van der Waals surface area contributed by atoms with Crippen LogP contribution in [0.2, 0.25) is 5.02 Å². The Morgan fingerprint density at radius 1 is 1.18 bits per heavy atom. The quantitative estimate of drug-likeness (QED) is 0.719. The molecule has 0 spiro atoms. The summed E-state index contributed by atoms with van der Waals surface area (Å²) in [5.74, 6) is -0.392. The van der Waals surface area contributed by atoms with E-state index in [1.165, 1.54) is 6.33 Å². The number of hydrogen-bond acceptors (Lipinski definition) is 4. The molecule has 0 radical (unpaired) electrons. The lowest BCUT2D eigenvalue weighted by Crippen LogP contribution is -2.41. The number of rotatable bonds is 5. The molecule has 0 bridgehead atoms. The lowest BCUT2D eigenvalue weighted by molar-refractivity contribution is -0.118. The molecule has 4 rings (SSSR count). The van der Waals surface area contributed by atoms with E-state index in [1.54, 1.807) is 52.3 Å². The molecular weight excluding hydrogens is 378 g/mol. The highest BCUT2D eigenvalue weighted by Crippen LogP contribution is 2.23. The zero-order chi connectivity index (χ0) is 19.5. The molecule has 1 fully saturated rings. The smallest absolute Gasteiger partial charge is 0.252 e. The molecule has 0 saturated carbocycles. The molecule has 3 aromatic rings. The van der Waals surface area contributed by atoms with E-state index in [4.69, 9.17) is 11.6 Å². The highest BCUT2D eigenvalue weighted by atomic mass is 35.5. The van der Waals surface area contributed by atoms with Crippen LogP contribution in [0.1, 0.15) is 22.3 Å². The Bertz CT molecular complexity index is 988. The van der Waals surface area contributed by atoms with E-state index in [-0.39, 0.29) is 11.8 Å². The normalized spacial score (nSPS) is 16.4. The van der Waals surface area contributed by atoms with Crippen LogP contribution in [0.4, 0.5) is 5.69 Å². The fraction of sp³-hybridized carbons (Fsp3) is 0.200. The third kappa shape index (κ3) is 3.75. The number of aromatic nitrogens is 3. The van der Waals surface area contributed by atoms with Crippen molar-refractivity contribution in [2.45, 2.75) is 19.0 Å². The molecular formula is C20H18ClN5O2. The maximum Gasteiger partial charge on any atom is 0.252 e. The van der Waals surface area contributed by atoms with E-state index in [0.29, 0.717) is 30.1 Å². The Labute approximate surface area is 166 Å². The van der Waals surface area contributed by atoms with Gasteiger partial charge in [0, 0.05) is 22.8 Å². The molecule has 1 N–H and O–H groups in total. The predicted molar refractivity (Wildman–Crippen MR) is 105 cm³/mol. The maximum absolute atomic E-state index is 12.8. The molecule has 142 valence electrons. The van der Waals surface area contributed by atoms with Crippen molar-refractivity contribution in [3.63, 3.8) is 0 Å². The van der Waals surface area contributed by atoms with Crippen molar-refractivity contribution in [2.24, 2.45) is 0 Å². The molecule has 2 amide bonds. The summed E-state index contributed by atoms with van der Waals surface area (Å²) >= 11 is 5.92. The van der Waals surface area contributed by atoms with Crippen LogP contribution < -0.4 is 10.2 Å². The number of hydrogen-bond donors (Lipinski definition) is 1. The largest absolute Gasteiger partial charge is 0.340 e. The topological polar surface area (TPSA) is 80.1 Å². The van der Waals surface area contributed by atoms with Crippen molar-refractivity contribution in [3.8, 4) is 0 Å². The molecule has 1 saturated heterocycles. The number of carbonyl (C=O) groups is 2. The molecule has 7 nitrogen and oxygen atoms in total. The first-order valence-electron chi connectivity index (χ1n) is 8.90. The van der Waals surface area contributed by atoms with Crippen LogP contribution in [-0.4, -0.2) is 39.2 Å². The lowest BCUT2D eigenvalue weighted by Gasteiger charge is -2.18. The van der Waals surface area contributed by atoms with Gasteiger partial charge in [-0.25, -0.2) is 9.67 Å². The summed E-state index contributed by atoms with van der Waals surface area (Å²) in [5.41, 5.74) is 2.11. The van der Waals surface area contributed by atoms with Crippen LogP contribution in [0.3, 0.4) is 0 Å². The molecule has 1 aromatic heterocycles. The summed E-state index contributed by atoms with van der Waals surface area (Å²) in [4.78, 5) is 31.2. The number of nitrogens with one attached hydrogen (secondary N) is 1. The average molecular weight is 396 g/mol. The first kappa shape index (κ1) is 18.2. The number of halogens is 1. The molecule has 2 aromatic carbocycles. The van der Waals surface area contributed by atoms with Gasteiger partial charge in [0.25, 0.3) is 5.91 Å². The average Bonchev–Trinajstić information content (AvgIpc) is 3.33. The highest BCUT2D eigenvalue weighted by Gasteiger charge is 2.34. The lowest BCUT2D eigenvalue weighted by atomic mass is 10.1. The maximum atomic E-state index is 12.8. The molecule has 0 aliphatic carbocycles. The zero-order valence-electron chi connectivity index (χ0n) is 15.0. The number of carbonyl (C=O) groups excluding carboxylic acids is 2. The van der Waals surface area contributed by atoms with Crippen molar-refractivity contribution in [1.29, 1.82) is 0 Å². The number of benzene rings is 2. The summed E-state index contributed by atoms with van der Waals surface area (Å²) in [5, 5.41) is 7.57. The van der Waals surface area contributed by atoms with E-state index in [9.17, 15) is 9.59 Å². The predicted octanol–water partition coefficient (Wildman–Crippen LogP) is 2.52. The van der Waals surface area contributed by atoms with Crippen molar-refractivity contribution in [2.75, 3.05) is 11.4 Å². The Kier molecular flexibility index (Phi) is 5.08. The molecule has 1 aliphatic heterocycles. The van der Waals surface area contributed by atoms with E-state index < -0.39 is 6.04 Å². The molecule has 2 heterocycles. The fourth-order valence-corrected chi connectivity index (χ4v) is 3.42. The van der Waals surface area contributed by atoms with Gasteiger partial charge in [0.1, 0.15) is 18.7 Å². The highest BCUT2D eigenvalue weighted by molar-refractivity contribution is 6.30. The van der Waals surface area contributed by atoms with Gasteiger partial charge in [0.15, 0.2) is 0 Å². The van der Waals surface area contributed by atoms with Crippen LogP contribution in [0.5, 0.6) is 0 Å². The fourth-order valence-electron chi connectivity index (χ4n) is 3.30. The summed E-state index contributed by atoms with van der Waals surface area (Å²) in [6.45, 7) is 0.977. The monoisotopic (exact) mass is 395 g/mol. The van der Waals surface area contributed by atoms with E-state index in [1.807, 2.05) is 12.1 Å². The minimum atomic E-state index is -0.553. The standard InChI is InChI=1S/C20H18ClN5O2/c21-15-5-7-16(8-6-15)26-10-9-18(20(26)28)24-19(27)17-4-2-1-3-14(17)11-25-13-22-12-23-25/h1-8,12-13,18H,9-11H2,(H,24,27). The zero-order valence-corrected chi connectivity index (χ0v) is 15.7. The van der Waals surface area contributed by atoms with Gasteiger partial charge in [-0.1, -0.05) is 29.8 Å². The minimum Gasteiger partial charge on any atom is -0.340 e. The molecule has 28 heavy (non-hydrogen) atoms. The minimum absolute atomic E-state index is 0.121. The van der Waals surface area contributed by atoms with Gasteiger partial charge < -0.3 is 10.2 Å². The molecule has 1 unspecified atom stereocenters. The van der Waals surface area contributed by atoms with Gasteiger partial charge in [-0.05, 0) is 42.3 Å². The van der Waals surface area contributed by atoms with Crippen LogP contribution in [0, 0.1) is 0 Å². The third-order valence-electron chi connectivity index (χ3n) is 4.71. The summed E-state index contributed by atoms with van der Waals surface area (Å²) < 4.78 is 1.65. The van der Waals surface area contributed by atoms with E-state index in [0.717, 1.165) is 11.3 Å². The van der Waals surface area contributed by atoms with E-state index >= 15 is 0 Å². The second kappa shape index (κ2) is 7.82. The van der Waals surface area contributed by atoms with Crippen molar-refractivity contribution in [1.82, 2.24) is 20.1 Å². The second-order valence-electron chi connectivity index (χ2n) is 6.53. The third-order valence-corrected chi connectivity index (χ3v) is 4.96. The Morgan fingerprint density at radius 3 is 2.71 bits per heavy atom. The molecule has 1 atom stereocenters.